The molecule has 2 unspecified atom stereocenters. The summed E-state index contributed by atoms with van der Waals surface area (Å²) in [4.78, 5) is 14.3. The second-order valence-corrected chi connectivity index (χ2v) is 6.06. The normalized spacial score (nSPS) is 28.6. The third-order valence-corrected chi connectivity index (χ3v) is 4.56. The lowest BCUT2D eigenvalue weighted by Gasteiger charge is -2.36. The van der Waals surface area contributed by atoms with Gasteiger partial charge in [-0.15, -0.1) is 0 Å². The highest BCUT2D eigenvalue weighted by atomic mass is 19.1. The van der Waals surface area contributed by atoms with E-state index in [2.05, 4.69) is 10.2 Å². The van der Waals surface area contributed by atoms with E-state index >= 15 is 0 Å². The highest BCUT2D eigenvalue weighted by Crippen LogP contribution is 2.35. The lowest BCUT2D eigenvalue weighted by Crippen LogP contribution is -2.45. The second-order valence-electron chi connectivity index (χ2n) is 6.06. The van der Waals surface area contributed by atoms with E-state index < -0.39 is 0 Å². The van der Waals surface area contributed by atoms with Gasteiger partial charge in [0.1, 0.15) is 5.82 Å². The van der Waals surface area contributed by atoms with Crippen molar-refractivity contribution in [2.24, 2.45) is 0 Å². The molecule has 0 spiro atoms. The Bertz CT molecular complexity index is 509. The zero-order valence-corrected chi connectivity index (χ0v) is 12.0. The van der Waals surface area contributed by atoms with Gasteiger partial charge in [-0.1, -0.05) is 6.07 Å². The Labute approximate surface area is 124 Å². The number of carbonyl (C=O) groups excluding carboxylic acids is 1. The molecular formula is C16H21FN2O2. The Kier molecular flexibility index (Phi) is 4.22. The maximum Gasteiger partial charge on any atom is 0.225 e. The molecule has 2 N–H and O–H groups in total. The van der Waals surface area contributed by atoms with Crippen LogP contribution in [0.25, 0.3) is 0 Å². The number of rotatable bonds is 4. The van der Waals surface area contributed by atoms with Crippen LogP contribution in [0.5, 0.6) is 0 Å². The molecule has 2 fully saturated rings. The van der Waals surface area contributed by atoms with Crippen LogP contribution in [0.3, 0.4) is 0 Å². The summed E-state index contributed by atoms with van der Waals surface area (Å²) in [5.74, 6) is -0.443. The van der Waals surface area contributed by atoms with Crippen LogP contribution in [0.1, 0.15) is 32.1 Å². The number of hydrogen-bond acceptors (Lipinski definition) is 3. The molecule has 1 aromatic carbocycles. The van der Waals surface area contributed by atoms with Gasteiger partial charge < -0.3 is 10.4 Å². The van der Waals surface area contributed by atoms with Crippen molar-refractivity contribution in [2.75, 3.05) is 11.9 Å². The van der Waals surface area contributed by atoms with Crippen molar-refractivity contribution >= 4 is 11.6 Å². The van der Waals surface area contributed by atoms with Crippen LogP contribution in [0.2, 0.25) is 0 Å². The number of benzene rings is 1. The van der Waals surface area contributed by atoms with Crippen LogP contribution in [0, 0.1) is 5.82 Å². The fraction of sp³-hybridized carbons (Fsp3) is 0.562. The Morgan fingerprint density at radius 2 is 2.05 bits per heavy atom. The first-order chi connectivity index (χ1) is 10.1. The minimum atomic E-state index is -0.351. The molecule has 2 saturated heterocycles. The smallest absolute Gasteiger partial charge is 0.225 e. The van der Waals surface area contributed by atoms with Crippen molar-refractivity contribution in [3.05, 3.63) is 30.1 Å². The predicted octanol–water partition coefficient (Wildman–Crippen LogP) is 2.14. The molecule has 4 nitrogen and oxygen atoms in total. The van der Waals surface area contributed by atoms with E-state index in [4.69, 9.17) is 0 Å². The Morgan fingerprint density at radius 1 is 1.33 bits per heavy atom. The average molecular weight is 292 g/mol. The lowest BCUT2D eigenvalue weighted by molar-refractivity contribution is -0.116. The number of nitrogens with zero attached hydrogens (tertiary/aromatic N) is 1. The number of fused-ring (bicyclic) bond motifs is 2. The van der Waals surface area contributed by atoms with Crippen LogP contribution in [0.4, 0.5) is 10.1 Å². The van der Waals surface area contributed by atoms with Gasteiger partial charge in [-0.05, 0) is 43.9 Å². The fourth-order valence-electron chi connectivity index (χ4n) is 3.63. The number of amides is 1. The van der Waals surface area contributed by atoms with Crippen molar-refractivity contribution in [1.82, 2.24) is 4.90 Å². The predicted molar refractivity (Wildman–Crippen MR) is 78.4 cm³/mol. The van der Waals surface area contributed by atoms with Gasteiger partial charge in [0, 0.05) is 30.7 Å². The third kappa shape index (κ3) is 3.41. The summed E-state index contributed by atoms with van der Waals surface area (Å²) in [5, 5.41) is 12.5. The van der Waals surface area contributed by atoms with Crippen molar-refractivity contribution in [3.63, 3.8) is 0 Å². The van der Waals surface area contributed by atoms with Crippen molar-refractivity contribution in [3.8, 4) is 0 Å². The van der Waals surface area contributed by atoms with Gasteiger partial charge in [0.2, 0.25) is 5.91 Å². The molecule has 2 heterocycles. The van der Waals surface area contributed by atoms with E-state index in [0.29, 0.717) is 30.7 Å². The summed E-state index contributed by atoms with van der Waals surface area (Å²) in [6.07, 6.45) is 4.10. The fourth-order valence-corrected chi connectivity index (χ4v) is 3.63. The van der Waals surface area contributed by atoms with Gasteiger partial charge in [0.15, 0.2) is 0 Å². The van der Waals surface area contributed by atoms with E-state index in [-0.39, 0.29) is 17.8 Å². The van der Waals surface area contributed by atoms with Crippen LogP contribution < -0.4 is 5.32 Å². The number of aliphatic hydroxyl groups excluding tert-OH is 1. The SMILES string of the molecule is O=C(CCN1C2CCC1CC(O)C2)Nc1cccc(F)c1. The first-order valence-electron chi connectivity index (χ1n) is 7.61. The molecular weight excluding hydrogens is 271 g/mol. The third-order valence-electron chi connectivity index (χ3n) is 4.56. The van der Waals surface area contributed by atoms with E-state index in [9.17, 15) is 14.3 Å². The first-order valence-corrected chi connectivity index (χ1v) is 7.61. The highest BCUT2D eigenvalue weighted by molar-refractivity contribution is 5.90. The van der Waals surface area contributed by atoms with Crippen LogP contribution in [-0.2, 0) is 4.79 Å². The number of piperidine rings is 1. The number of aliphatic hydroxyl groups is 1. The maximum atomic E-state index is 13.1. The molecule has 2 atom stereocenters. The number of anilines is 1. The lowest BCUT2D eigenvalue weighted by atomic mass is 10.00. The Morgan fingerprint density at radius 3 is 2.71 bits per heavy atom. The summed E-state index contributed by atoms with van der Waals surface area (Å²) in [7, 11) is 0. The van der Waals surface area contributed by atoms with Gasteiger partial charge in [-0.3, -0.25) is 9.69 Å². The summed E-state index contributed by atoms with van der Waals surface area (Å²) in [6.45, 7) is 0.712. The standard InChI is InChI=1S/C16H21FN2O2/c17-11-2-1-3-12(8-11)18-16(21)6-7-19-13-4-5-14(19)10-15(20)9-13/h1-3,8,13-15,20H,4-7,9-10H2,(H,18,21). The maximum absolute atomic E-state index is 13.1. The second kappa shape index (κ2) is 6.12. The molecule has 0 aromatic heterocycles. The minimum Gasteiger partial charge on any atom is -0.393 e. The summed E-state index contributed by atoms with van der Waals surface area (Å²) in [6, 6.07) is 6.77. The number of carbonyl (C=O) groups is 1. The largest absolute Gasteiger partial charge is 0.393 e. The van der Waals surface area contributed by atoms with Gasteiger partial charge >= 0.3 is 0 Å². The van der Waals surface area contributed by atoms with Crippen molar-refractivity contribution in [1.29, 1.82) is 0 Å². The molecule has 3 rings (SSSR count). The highest BCUT2D eigenvalue weighted by Gasteiger charge is 2.39. The van der Waals surface area contributed by atoms with Gasteiger partial charge in [0.05, 0.1) is 6.10 Å². The number of hydrogen-bond donors (Lipinski definition) is 2. The molecule has 0 aliphatic carbocycles. The van der Waals surface area contributed by atoms with E-state index in [1.165, 1.54) is 12.1 Å². The van der Waals surface area contributed by atoms with E-state index in [0.717, 1.165) is 25.7 Å². The van der Waals surface area contributed by atoms with Crippen molar-refractivity contribution in [2.45, 2.75) is 50.3 Å². The Hall–Kier alpha value is -1.46. The van der Waals surface area contributed by atoms with Crippen molar-refractivity contribution < 1.29 is 14.3 Å². The summed E-state index contributed by atoms with van der Waals surface area (Å²) in [5.41, 5.74) is 0.497. The van der Waals surface area contributed by atoms with Gasteiger partial charge in [-0.25, -0.2) is 4.39 Å². The molecule has 5 heteroatoms. The molecule has 0 saturated carbocycles. The number of nitrogens with one attached hydrogen (secondary N) is 1. The first kappa shape index (κ1) is 14.5. The van der Waals surface area contributed by atoms with Crippen LogP contribution in [0.15, 0.2) is 24.3 Å². The zero-order chi connectivity index (χ0) is 14.8. The van der Waals surface area contributed by atoms with E-state index in [1.807, 2.05) is 0 Å². The van der Waals surface area contributed by atoms with Gasteiger partial charge in [0.25, 0.3) is 0 Å². The Balaban J connectivity index is 1.50. The molecule has 21 heavy (non-hydrogen) atoms. The molecule has 2 aliphatic heterocycles. The molecule has 2 aliphatic rings. The number of halogens is 1. The molecule has 1 aromatic rings. The quantitative estimate of drug-likeness (QED) is 0.894. The summed E-state index contributed by atoms with van der Waals surface area (Å²) < 4.78 is 13.1. The van der Waals surface area contributed by atoms with Crippen LogP contribution in [-0.4, -0.2) is 40.6 Å². The monoisotopic (exact) mass is 292 g/mol. The minimum absolute atomic E-state index is 0.0916. The van der Waals surface area contributed by atoms with Crippen LogP contribution >= 0.6 is 0 Å². The molecule has 1 amide bonds. The average Bonchev–Trinajstić information content (AvgIpc) is 2.67. The topological polar surface area (TPSA) is 52.6 Å². The molecule has 2 bridgehead atoms. The zero-order valence-electron chi connectivity index (χ0n) is 12.0. The molecule has 114 valence electrons. The summed E-state index contributed by atoms with van der Waals surface area (Å²) >= 11 is 0. The van der Waals surface area contributed by atoms with Gasteiger partial charge in [-0.2, -0.15) is 0 Å². The van der Waals surface area contributed by atoms with E-state index in [1.54, 1.807) is 12.1 Å². The molecule has 0 radical (unpaired) electrons.